The Kier molecular flexibility index (Phi) is 2.55. The monoisotopic (exact) mass is 188 g/mol. The summed E-state index contributed by atoms with van der Waals surface area (Å²) in [6.07, 6.45) is 2.13. The Balaban J connectivity index is 2.49. The minimum absolute atomic E-state index is 1.10. The predicted molar refractivity (Wildman–Crippen MR) is 61.2 cm³/mol. The van der Waals surface area contributed by atoms with Crippen molar-refractivity contribution in [3.8, 4) is 0 Å². The summed E-state index contributed by atoms with van der Waals surface area (Å²) in [7, 11) is 0. The van der Waals surface area contributed by atoms with E-state index in [2.05, 4.69) is 48.7 Å². The molecule has 0 spiro atoms. The molecule has 0 fully saturated rings. The number of fused-ring (bicyclic) bond motifs is 1. The summed E-state index contributed by atoms with van der Waals surface area (Å²) < 4.78 is 0. The van der Waals surface area contributed by atoms with Crippen LogP contribution in [0.25, 0.3) is 10.8 Å². The summed E-state index contributed by atoms with van der Waals surface area (Å²) >= 11 is 1.86. The van der Waals surface area contributed by atoms with Gasteiger partial charge in [0.15, 0.2) is 0 Å². The number of hydrogen-bond acceptors (Lipinski definition) is 1. The second-order valence-corrected chi connectivity index (χ2v) is 3.98. The first-order chi connectivity index (χ1) is 6.40. The molecule has 0 heterocycles. The molecule has 0 aromatic heterocycles. The molecule has 2 rings (SSSR count). The van der Waals surface area contributed by atoms with Gasteiger partial charge in [-0.15, -0.1) is 0 Å². The van der Waals surface area contributed by atoms with Crippen LogP contribution in [0.4, 0.5) is 0 Å². The normalized spacial score (nSPS) is 10.5. The van der Waals surface area contributed by atoms with E-state index in [9.17, 15) is 0 Å². The Morgan fingerprint density at radius 3 is 2.54 bits per heavy atom. The fourth-order valence-corrected chi connectivity index (χ4v) is 2.01. The molecule has 2 aromatic rings. The molecule has 66 valence electrons. The molecule has 0 saturated carbocycles. The van der Waals surface area contributed by atoms with Crippen molar-refractivity contribution < 1.29 is 0 Å². The van der Waals surface area contributed by atoms with Gasteiger partial charge in [0.25, 0.3) is 0 Å². The number of rotatable bonds is 2. The van der Waals surface area contributed by atoms with Gasteiger partial charge in [0.05, 0.1) is 0 Å². The van der Waals surface area contributed by atoms with Crippen LogP contribution in [0.15, 0.2) is 42.5 Å². The van der Waals surface area contributed by atoms with Gasteiger partial charge in [0.1, 0.15) is 0 Å². The summed E-state index contributed by atoms with van der Waals surface area (Å²) in [6, 6.07) is 15.2. The van der Waals surface area contributed by atoms with Gasteiger partial charge >= 0.3 is 0 Å². The highest BCUT2D eigenvalue weighted by molar-refractivity contribution is 7.97. The topological polar surface area (TPSA) is 0 Å². The Labute approximate surface area is 83.0 Å². The third kappa shape index (κ3) is 1.86. The second kappa shape index (κ2) is 3.84. The van der Waals surface area contributed by atoms with Gasteiger partial charge < -0.3 is 0 Å². The third-order valence-electron chi connectivity index (χ3n) is 2.12. The second-order valence-electron chi connectivity index (χ2n) is 3.11. The van der Waals surface area contributed by atoms with Crippen LogP contribution in [0.5, 0.6) is 0 Å². The molecule has 0 nitrogen and oxygen atoms in total. The van der Waals surface area contributed by atoms with E-state index in [0.29, 0.717) is 0 Å². The molecule has 0 N–H and O–H groups in total. The molecular formula is C12H12S. The van der Waals surface area contributed by atoms with Gasteiger partial charge in [-0.05, 0) is 22.6 Å². The highest BCUT2D eigenvalue weighted by Crippen LogP contribution is 2.17. The molecule has 0 amide bonds. The highest BCUT2D eigenvalue weighted by atomic mass is 32.2. The van der Waals surface area contributed by atoms with Crippen molar-refractivity contribution in [3.05, 3.63) is 48.0 Å². The minimum atomic E-state index is 1.10. The van der Waals surface area contributed by atoms with E-state index in [0.717, 1.165) is 5.75 Å². The van der Waals surface area contributed by atoms with E-state index in [4.69, 9.17) is 0 Å². The first kappa shape index (κ1) is 8.64. The fourth-order valence-electron chi connectivity index (χ4n) is 1.50. The summed E-state index contributed by atoms with van der Waals surface area (Å²) in [5.74, 6) is 1.10. The molecule has 0 bridgehead atoms. The molecule has 13 heavy (non-hydrogen) atoms. The minimum Gasteiger partial charge on any atom is -0.161 e. The molecule has 0 aliphatic carbocycles. The van der Waals surface area contributed by atoms with E-state index in [1.54, 1.807) is 0 Å². The highest BCUT2D eigenvalue weighted by Gasteiger charge is 1.94. The lowest BCUT2D eigenvalue weighted by molar-refractivity contribution is 1.44. The van der Waals surface area contributed by atoms with Crippen LogP contribution in [0.2, 0.25) is 0 Å². The van der Waals surface area contributed by atoms with Crippen molar-refractivity contribution >= 4 is 22.5 Å². The summed E-state index contributed by atoms with van der Waals surface area (Å²) in [6.45, 7) is 0. The predicted octanol–water partition coefficient (Wildman–Crippen LogP) is 3.70. The molecule has 0 saturated heterocycles. The van der Waals surface area contributed by atoms with Gasteiger partial charge in [0, 0.05) is 5.75 Å². The van der Waals surface area contributed by atoms with E-state index in [1.807, 2.05) is 11.8 Å². The summed E-state index contributed by atoms with van der Waals surface area (Å²) in [5, 5.41) is 2.67. The SMILES string of the molecule is CSCc1ccc2ccccc2c1. The van der Waals surface area contributed by atoms with E-state index < -0.39 is 0 Å². The van der Waals surface area contributed by atoms with Crippen molar-refractivity contribution in [1.82, 2.24) is 0 Å². The average molecular weight is 188 g/mol. The first-order valence-corrected chi connectivity index (χ1v) is 5.76. The molecule has 2 aromatic carbocycles. The van der Waals surface area contributed by atoms with Crippen LogP contribution < -0.4 is 0 Å². The lowest BCUT2D eigenvalue weighted by Gasteiger charge is -2.01. The van der Waals surface area contributed by atoms with Crippen molar-refractivity contribution in [3.63, 3.8) is 0 Å². The lowest BCUT2D eigenvalue weighted by Crippen LogP contribution is -1.79. The van der Waals surface area contributed by atoms with E-state index in [1.165, 1.54) is 16.3 Å². The molecular weight excluding hydrogens is 176 g/mol. The fraction of sp³-hybridized carbons (Fsp3) is 0.167. The van der Waals surface area contributed by atoms with Gasteiger partial charge in [-0.1, -0.05) is 42.5 Å². The van der Waals surface area contributed by atoms with Crippen molar-refractivity contribution in [2.75, 3.05) is 6.26 Å². The van der Waals surface area contributed by atoms with Gasteiger partial charge in [0.2, 0.25) is 0 Å². The Bertz CT molecular complexity index is 407. The lowest BCUT2D eigenvalue weighted by atomic mass is 10.1. The molecule has 0 unspecified atom stereocenters. The van der Waals surface area contributed by atoms with Crippen LogP contribution in [0.1, 0.15) is 5.56 Å². The molecule has 0 radical (unpaired) electrons. The van der Waals surface area contributed by atoms with Crippen LogP contribution in [-0.2, 0) is 5.75 Å². The number of benzene rings is 2. The summed E-state index contributed by atoms with van der Waals surface area (Å²) in [5.41, 5.74) is 1.41. The maximum Gasteiger partial charge on any atom is 0.0182 e. The maximum atomic E-state index is 2.27. The number of thioether (sulfide) groups is 1. The standard InChI is InChI=1S/C12H12S/c1-13-9-10-6-7-11-4-2-3-5-12(11)8-10/h2-8H,9H2,1H3. The zero-order valence-corrected chi connectivity index (χ0v) is 8.47. The van der Waals surface area contributed by atoms with Crippen LogP contribution in [-0.4, -0.2) is 6.26 Å². The largest absolute Gasteiger partial charge is 0.161 e. The third-order valence-corrected chi connectivity index (χ3v) is 2.75. The number of hydrogen-bond donors (Lipinski definition) is 0. The molecule has 0 aliphatic rings. The zero-order chi connectivity index (χ0) is 9.10. The Morgan fingerprint density at radius 2 is 1.77 bits per heavy atom. The van der Waals surface area contributed by atoms with Gasteiger partial charge in [-0.25, -0.2) is 0 Å². The maximum absolute atomic E-state index is 2.27. The Hall–Kier alpha value is -0.950. The molecule has 0 atom stereocenters. The quantitative estimate of drug-likeness (QED) is 0.692. The zero-order valence-electron chi connectivity index (χ0n) is 7.66. The first-order valence-electron chi connectivity index (χ1n) is 4.37. The summed E-state index contributed by atoms with van der Waals surface area (Å²) in [4.78, 5) is 0. The van der Waals surface area contributed by atoms with Crippen molar-refractivity contribution in [2.45, 2.75) is 5.75 Å². The van der Waals surface area contributed by atoms with Crippen LogP contribution in [0.3, 0.4) is 0 Å². The average Bonchev–Trinajstić information content (AvgIpc) is 2.18. The van der Waals surface area contributed by atoms with Gasteiger partial charge in [-0.2, -0.15) is 11.8 Å². The van der Waals surface area contributed by atoms with Crippen molar-refractivity contribution in [2.24, 2.45) is 0 Å². The van der Waals surface area contributed by atoms with Gasteiger partial charge in [-0.3, -0.25) is 0 Å². The van der Waals surface area contributed by atoms with E-state index in [-0.39, 0.29) is 0 Å². The Morgan fingerprint density at radius 1 is 1.00 bits per heavy atom. The van der Waals surface area contributed by atoms with Crippen molar-refractivity contribution in [1.29, 1.82) is 0 Å². The molecule has 0 aliphatic heterocycles. The smallest absolute Gasteiger partial charge is 0.0182 e. The van der Waals surface area contributed by atoms with Crippen LogP contribution >= 0.6 is 11.8 Å². The molecule has 1 heteroatoms. The van der Waals surface area contributed by atoms with Crippen LogP contribution in [0, 0.1) is 0 Å². The van der Waals surface area contributed by atoms with E-state index >= 15 is 0 Å².